The van der Waals surface area contributed by atoms with Crippen LogP contribution in [0, 0.1) is 5.82 Å². The van der Waals surface area contributed by atoms with Crippen molar-refractivity contribution in [2.45, 2.75) is 4.90 Å². The van der Waals surface area contributed by atoms with Gasteiger partial charge in [0.05, 0.1) is 12.8 Å². The molecule has 0 heterocycles. The monoisotopic (exact) mass is 373 g/mol. The zero-order valence-corrected chi connectivity index (χ0v) is 13.8. The Morgan fingerprint density at radius 2 is 1.86 bits per heavy atom. The normalized spacial score (nSPS) is 11.2. The van der Waals surface area contributed by atoms with Gasteiger partial charge in [0.1, 0.15) is 16.5 Å². The van der Waals surface area contributed by atoms with E-state index in [2.05, 4.69) is 15.9 Å². The highest BCUT2D eigenvalue weighted by atomic mass is 79.9. The van der Waals surface area contributed by atoms with E-state index >= 15 is 0 Å². The number of para-hydroxylation sites is 1. The SMILES string of the molecule is COc1ccc(Br)cc1S(=O)(=O)N(C)c1ccccc1F. The lowest BCUT2D eigenvalue weighted by Gasteiger charge is -2.21. The second kappa shape index (κ2) is 6.03. The number of rotatable bonds is 4. The zero-order valence-electron chi connectivity index (χ0n) is 11.4. The second-order valence-electron chi connectivity index (χ2n) is 4.22. The molecule has 2 aromatic rings. The average molecular weight is 374 g/mol. The van der Waals surface area contributed by atoms with Gasteiger partial charge < -0.3 is 4.74 Å². The molecule has 0 aliphatic rings. The number of hydrogen-bond donors (Lipinski definition) is 0. The summed E-state index contributed by atoms with van der Waals surface area (Å²) in [4.78, 5) is -0.0369. The first-order valence-electron chi connectivity index (χ1n) is 5.95. The van der Waals surface area contributed by atoms with E-state index in [1.54, 1.807) is 12.1 Å². The molecule has 0 saturated carbocycles. The highest BCUT2D eigenvalue weighted by Crippen LogP contribution is 2.32. The molecule has 0 amide bonds. The molecule has 0 aliphatic heterocycles. The lowest BCUT2D eigenvalue weighted by Crippen LogP contribution is -2.27. The van der Waals surface area contributed by atoms with Crippen LogP contribution in [0.15, 0.2) is 51.8 Å². The van der Waals surface area contributed by atoms with Gasteiger partial charge in [-0.1, -0.05) is 28.1 Å². The molecule has 0 N–H and O–H groups in total. The van der Waals surface area contributed by atoms with Gasteiger partial charge in [-0.25, -0.2) is 12.8 Å². The van der Waals surface area contributed by atoms with Crippen molar-refractivity contribution in [1.82, 2.24) is 0 Å². The molecule has 0 bridgehead atoms. The predicted octanol–water partition coefficient (Wildman–Crippen LogP) is 3.42. The quantitative estimate of drug-likeness (QED) is 0.824. The van der Waals surface area contributed by atoms with Crippen LogP contribution in [0.2, 0.25) is 0 Å². The minimum Gasteiger partial charge on any atom is -0.495 e. The minimum absolute atomic E-state index is 0.0282. The molecule has 0 aromatic heterocycles. The van der Waals surface area contributed by atoms with Crippen LogP contribution in [0.3, 0.4) is 0 Å². The standard InChI is InChI=1S/C14H13BrFNO3S/c1-17(12-6-4-3-5-11(12)16)21(18,19)14-9-10(15)7-8-13(14)20-2/h3-9H,1-2H3. The third kappa shape index (κ3) is 3.03. The van der Waals surface area contributed by atoms with E-state index in [1.165, 1.54) is 44.5 Å². The van der Waals surface area contributed by atoms with Crippen molar-refractivity contribution in [1.29, 1.82) is 0 Å². The van der Waals surface area contributed by atoms with Crippen LogP contribution in [-0.2, 0) is 10.0 Å². The number of nitrogens with zero attached hydrogens (tertiary/aromatic N) is 1. The maximum Gasteiger partial charge on any atom is 0.267 e. The molecule has 7 heteroatoms. The van der Waals surface area contributed by atoms with Crippen LogP contribution in [0.25, 0.3) is 0 Å². The number of sulfonamides is 1. The van der Waals surface area contributed by atoms with Crippen molar-refractivity contribution in [3.63, 3.8) is 0 Å². The molecular weight excluding hydrogens is 361 g/mol. The van der Waals surface area contributed by atoms with E-state index in [9.17, 15) is 12.8 Å². The molecule has 2 aromatic carbocycles. The molecule has 112 valence electrons. The first kappa shape index (κ1) is 15.8. The molecule has 2 rings (SSSR count). The third-order valence-electron chi connectivity index (χ3n) is 2.96. The Hall–Kier alpha value is -1.60. The van der Waals surface area contributed by atoms with E-state index in [1.807, 2.05) is 0 Å². The van der Waals surface area contributed by atoms with Gasteiger partial charge in [-0.3, -0.25) is 4.31 Å². The molecular formula is C14H13BrFNO3S. The summed E-state index contributed by atoms with van der Waals surface area (Å²) in [5.41, 5.74) is -0.0282. The lowest BCUT2D eigenvalue weighted by molar-refractivity contribution is 0.402. The summed E-state index contributed by atoms with van der Waals surface area (Å²) in [5.74, 6) is -0.418. The fourth-order valence-electron chi connectivity index (χ4n) is 1.84. The number of hydrogen-bond acceptors (Lipinski definition) is 3. The van der Waals surface area contributed by atoms with Gasteiger partial charge in [0, 0.05) is 11.5 Å². The van der Waals surface area contributed by atoms with Crippen LogP contribution in [-0.4, -0.2) is 22.6 Å². The summed E-state index contributed by atoms with van der Waals surface area (Å²) in [6, 6.07) is 10.3. The Bertz CT molecular complexity index is 765. The van der Waals surface area contributed by atoms with Crippen molar-refractivity contribution >= 4 is 31.6 Å². The molecule has 0 spiro atoms. The smallest absolute Gasteiger partial charge is 0.267 e. The van der Waals surface area contributed by atoms with Crippen molar-refractivity contribution in [2.24, 2.45) is 0 Å². The fourth-order valence-corrected chi connectivity index (χ4v) is 3.73. The van der Waals surface area contributed by atoms with Crippen molar-refractivity contribution < 1.29 is 17.5 Å². The van der Waals surface area contributed by atoms with E-state index in [-0.39, 0.29) is 16.3 Å². The average Bonchev–Trinajstić information content (AvgIpc) is 2.47. The number of ether oxygens (including phenoxy) is 1. The Morgan fingerprint density at radius 1 is 1.19 bits per heavy atom. The number of benzene rings is 2. The Balaban J connectivity index is 2.57. The fraction of sp³-hybridized carbons (Fsp3) is 0.143. The Labute approximate surface area is 131 Å². The molecule has 21 heavy (non-hydrogen) atoms. The number of methoxy groups -OCH3 is 1. The molecule has 0 saturated heterocycles. The van der Waals surface area contributed by atoms with Crippen LogP contribution >= 0.6 is 15.9 Å². The summed E-state index contributed by atoms with van der Waals surface area (Å²) in [6.07, 6.45) is 0. The maximum atomic E-state index is 13.8. The van der Waals surface area contributed by atoms with E-state index in [4.69, 9.17) is 4.74 Å². The number of halogens is 2. The molecule has 0 atom stereocenters. The highest BCUT2D eigenvalue weighted by molar-refractivity contribution is 9.10. The van der Waals surface area contributed by atoms with Crippen molar-refractivity contribution in [3.8, 4) is 5.75 Å². The third-order valence-corrected chi connectivity index (χ3v) is 5.24. The lowest BCUT2D eigenvalue weighted by atomic mass is 10.3. The summed E-state index contributed by atoms with van der Waals surface area (Å²) < 4.78 is 45.7. The minimum atomic E-state index is -3.94. The van der Waals surface area contributed by atoms with Gasteiger partial charge in [0.25, 0.3) is 10.0 Å². The van der Waals surface area contributed by atoms with Gasteiger partial charge >= 0.3 is 0 Å². The number of anilines is 1. The van der Waals surface area contributed by atoms with Gasteiger partial charge in [-0.2, -0.15) is 0 Å². The molecule has 0 radical (unpaired) electrons. The predicted molar refractivity (Wildman–Crippen MR) is 82.7 cm³/mol. The molecule has 0 aliphatic carbocycles. The summed E-state index contributed by atoms with van der Waals surface area (Å²) in [6.45, 7) is 0. The van der Waals surface area contributed by atoms with Crippen molar-refractivity contribution in [2.75, 3.05) is 18.5 Å². The second-order valence-corrected chi connectivity index (χ2v) is 7.07. The molecule has 0 fully saturated rings. The van der Waals surface area contributed by atoms with Crippen LogP contribution in [0.4, 0.5) is 10.1 Å². The topological polar surface area (TPSA) is 46.6 Å². The van der Waals surface area contributed by atoms with Crippen LogP contribution in [0.1, 0.15) is 0 Å². The Morgan fingerprint density at radius 3 is 2.48 bits per heavy atom. The van der Waals surface area contributed by atoms with Gasteiger partial charge in [0.2, 0.25) is 0 Å². The van der Waals surface area contributed by atoms with E-state index < -0.39 is 15.8 Å². The van der Waals surface area contributed by atoms with E-state index in [0.29, 0.717) is 4.47 Å². The summed E-state index contributed by atoms with van der Waals surface area (Å²) in [7, 11) is -1.26. The maximum absolute atomic E-state index is 13.8. The van der Waals surface area contributed by atoms with Gasteiger partial charge in [-0.05, 0) is 30.3 Å². The van der Waals surface area contributed by atoms with E-state index in [0.717, 1.165) is 4.31 Å². The Kier molecular flexibility index (Phi) is 4.53. The molecule has 4 nitrogen and oxygen atoms in total. The summed E-state index contributed by atoms with van der Waals surface area (Å²) >= 11 is 3.23. The van der Waals surface area contributed by atoms with Crippen LogP contribution < -0.4 is 9.04 Å². The summed E-state index contributed by atoms with van der Waals surface area (Å²) in [5, 5.41) is 0. The van der Waals surface area contributed by atoms with Gasteiger partial charge in [0.15, 0.2) is 0 Å². The van der Waals surface area contributed by atoms with Crippen LogP contribution in [0.5, 0.6) is 5.75 Å². The molecule has 0 unspecified atom stereocenters. The van der Waals surface area contributed by atoms with Gasteiger partial charge in [-0.15, -0.1) is 0 Å². The van der Waals surface area contributed by atoms with Crippen molar-refractivity contribution in [3.05, 3.63) is 52.8 Å². The first-order chi connectivity index (χ1) is 9.87. The largest absolute Gasteiger partial charge is 0.495 e. The highest BCUT2D eigenvalue weighted by Gasteiger charge is 2.27. The first-order valence-corrected chi connectivity index (χ1v) is 8.18. The zero-order chi connectivity index (χ0) is 15.6.